The number of furan rings is 1. The minimum absolute atomic E-state index is 0.0606. The molecule has 0 fully saturated rings. The van der Waals surface area contributed by atoms with Crippen LogP contribution < -0.4 is 16.0 Å². The number of rotatable bonds is 3. The Hall–Kier alpha value is -3.09. The van der Waals surface area contributed by atoms with Gasteiger partial charge in [-0.15, -0.1) is 0 Å². The molecule has 0 aliphatic rings. The van der Waals surface area contributed by atoms with Gasteiger partial charge in [0.05, 0.1) is 18.5 Å². The largest absolute Gasteiger partial charge is 0.467 e. The summed E-state index contributed by atoms with van der Waals surface area (Å²) in [6, 6.07) is 9.40. The van der Waals surface area contributed by atoms with Crippen molar-refractivity contribution in [2.75, 3.05) is 10.6 Å². The van der Waals surface area contributed by atoms with E-state index in [0.717, 1.165) is 4.90 Å². The molecule has 114 valence electrons. The van der Waals surface area contributed by atoms with E-state index in [1.165, 1.54) is 25.3 Å². The molecule has 7 nitrogen and oxygen atoms in total. The summed E-state index contributed by atoms with van der Waals surface area (Å²) in [5.41, 5.74) is 6.33. The van der Waals surface area contributed by atoms with Crippen molar-refractivity contribution < 1.29 is 18.8 Å². The van der Waals surface area contributed by atoms with Gasteiger partial charge in [-0.2, -0.15) is 0 Å². The van der Waals surface area contributed by atoms with Crippen molar-refractivity contribution in [2.45, 2.75) is 13.5 Å². The van der Waals surface area contributed by atoms with Crippen molar-refractivity contribution in [3.63, 3.8) is 0 Å². The number of hydrogen-bond donors (Lipinski definition) is 2. The number of hydrogen-bond acceptors (Lipinski definition) is 5. The molecule has 2 aromatic rings. The van der Waals surface area contributed by atoms with Crippen molar-refractivity contribution in [3.8, 4) is 0 Å². The maximum Gasteiger partial charge on any atom is 0.323 e. The summed E-state index contributed by atoms with van der Waals surface area (Å²) in [5.74, 6) is -1.93. The number of nitrogens with zero attached hydrogens (tertiary/aromatic N) is 1. The van der Waals surface area contributed by atoms with Crippen LogP contribution >= 0.6 is 0 Å². The lowest BCUT2D eigenvalue weighted by Crippen LogP contribution is -2.45. The molecular weight excluding hydrogens is 286 g/mol. The quantitative estimate of drug-likeness (QED) is 0.651. The van der Waals surface area contributed by atoms with Gasteiger partial charge in [0.2, 0.25) is 5.91 Å². The zero-order valence-corrected chi connectivity index (χ0v) is 11.9. The van der Waals surface area contributed by atoms with E-state index >= 15 is 0 Å². The van der Waals surface area contributed by atoms with E-state index in [1.807, 2.05) is 0 Å². The fraction of sp³-hybridized carbons (Fsp3) is 0.133. The number of carbonyl (C=O) groups is 3. The van der Waals surface area contributed by atoms with E-state index in [0.29, 0.717) is 11.4 Å². The lowest BCUT2D eigenvalue weighted by Gasteiger charge is -2.18. The van der Waals surface area contributed by atoms with Gasteiger partial charge >= 0.3 is 11.8 Å². The summed E-state index contributed by atoms with van der Waals surface area (Å²) in [6.07, 6.45) is 1.46. The molecule has 0 bridgehead atoms. The third kappa shape index (κ3) is 3.51. The summed E-state index contributed by atoms with van der Waals surface area (Å²) in [4.78, 5) is 36.5. The summed E-state index contributed by atoms with van der Waals surface area (Å²) < 4.78 is 5.05. The van der Waals surface area contributed by atoms with E-state index in [4.69, 9.17) is 10.2 Å². The van der Waals surface area contributed by atoms with E-state index < -0.39 is 17.7 Å². The molecular formula is C15H15N3O4. The van der Waals surface area contributed by atoms with Gasteiger partial charge in [-0.3, -0.25) is 14.4 Å². The van der Waals surface area contributed by atoms with Crippen molar-refractivity contribution in [1.29, 1.82) is 0 Å². The summed E-state index contributed by atoms with van der Waals surface area (Å²) in [5, 5.41) is 2.40. The van der Waals surface area contributed by atoms with Crippen LogP contribution in [-0.4, -0.2) is 17.7 Å². The first-order valence-electron chi connectivity index (χ1n) is 6.50. The Bertz CT molecular complexity index is 677. The van der Waals surface area contributed by atoms with Crippen LogP contribution in [0.3, 0.4) is 0 Å². The van der Waals surface area contributed by atoms with Gasteiger partial charge in [-0.25, -0.2) is 4.90 Å². The third-order valence-electron chi connectivity index (χ3n) is 2.87. The summed E-state index contributed by atoms with van der Waals surface area (Å²) in [7, 11) is 0. The standard InChI is InChI=1S/C15H15N3O4/c1-10(19)18(12-6-4-11(16)5-7-12)15(21)14(20)17-9-13-3-2-8-22-13/h2-8H,9,16H2,1H3,(H,17,20). The Morgan fingerprint density at radius 1 is 1.18 bits per heavy atom. The second-order valence-electron chi connectivity index (χ2n) is 4.51. The normalized spacial score (nSPS) is 10.0. The smallest absolute Gasteiger partial charge is 0.323 e. The van der Waals surface area contributed by atoms with Gasteiger partial charge in [0, 0.05) is 12.6 Å². The Labute approximate surface area is 126 Å². The molecule has 3 amide bonds. The molecule has 1 aromatic heterocycles. The zero-order valence-electron chi connectivity index (χ0n) is 11.9. The molecule has 0 aliphatic heterocycles. The van der Waals surface area contributed by atoms with Gasteiger partial charge < -0.3 is 15.5 Å². The highest BCUT2D eigenvalue weighted by molar-refractivity contribution is 6.45. The molecule has 0 saturated carbocycles. The van der Waals surface area contributed by atoms with Crippen LogP contribution in [0.2, 0.25) is 0 Å². The second kappa shape index (κ2) is 6.57. The summed E-state index contributed by atoms with van der Waals surface area (Å²) in [6.45, 7) is 1.26. The van der Waals surface area contributed by atoms with Crippen LogP contribution in [0, 0.1) is 0 Å². The Morgan fingerprint density at radius 2 is 1.86 bits per heavy atom. The first-order valence-corrected chi connectivity index (χ1v) is 6.50. The first kappa shape index (κ1) is 15.3. The molecule has 0 unspecified atom stereocenters. The number of imide groups is 1. The molecule has 0 aliphatic carbocycles. The molecule has 1 heterocycles. The molecule has 1 aromatic carbocycles. The van der Waals surface area contributed by atoms with E-state index in [9.17, 15) is 14.4 Å². The highest BCUT2D eigenvalue weighted by Crippen LogP contribution is 2.17. The number of anilines is 2. The first-order chi connectivity index (χ1) is 10.5. The number of carbonyl (C=O) groups excluding carboxylic acids is 3. The van der Waals surface area contributed by atoms with Crippen LogP contribution in [0.5, 0.6) is 0 Å². The van der Waals surface area contributed by atoms with Gasteiger partial charge in [0.25, 0.3) is 0 Å². The van der Waals surface area contributed by atoms with Crippen molar-refractivity contribution in [1.82, 2.24) is 5.32 Å². The molecule has 3 N–H and O–H groups in total. The second-order valence-corrected chi connectivity index (χ2v) is 4.51. The third-order valence-corrected chi connectivity index (χ3v) is 2.87. The zero-order chi connectivity index (χ0) is 16.1. The minimum atomic E-state index is -0.969. The van der Waals surface area contributed by atoms with Gasteiger partial charge in [-0.05, 0) is 36.4 Å². The molecule has 0 radical (unpaired) electrons. The fourth-order valence-corrected chi connectivity index (χ4v) is 1.82. The fourth-order valence-electron chi connectivity index (χ4n) is 1.82. The molecule has 0 spiro atoms. The number of nitrogens with two attached hydrogens (primary N) is 1. The van der Waals surface area contributed by atoms with E-state index in [-0.39, 0.29) is 12.2 Å². The van der Waals surface area contributed by atoms with Crippen LogP contribution in [0.4, 0.5) is 11.4 Å². The Balaban J connectivity index is 2.10. The van der Waals surface area contributed by atoms with Gasteiger partial charge in [0.15, 0.2) is 0 Å². The maximum atomic E-state index is 12.2. The lowest BCUT2D eigenvalue weighted by molar-refractivity contribution is -0.139. The number of benzene rings is 1. The van der Waals surface area contributed by atoms with E-state index in [2.05, 4.69) is 5.32 Å². The number of nitrogen functional groups attached to an aromatic ring is 1. The summed E-state index contributed by atoms with van der Waals surface area (Å²) >= 11 is 0. The predicted octanol–water partition coefficient (Wildman–Crippen LogP) is 1.06. The molecule has 0 saturated heterocycles. The number of amides is 3. The molecule has 7 heteroatoms. The Morgan fingerprint density at radius 3 is 2.41 bits per heavy atom. The van der Waals surface area contributed by atoms with Crippen LogP contribution in [0.25, 0.3) is 0 Å². The number of nitrogens with one attached hydrogen (secondary N) is 1. The van der Waals surface area contributed by atoms with E-state index in [1.54, 1.807) is 24.3 Å². The SMILES string of the molecule is CC(=O)N(C(=O)C(=O)NCc1ccco1)c1ccc(N)cc1. The molecule has 2 rings (SSSR count). The minimum Gasteiger partial charge on any atom is -0.467 e. The lowest BCUT2D eigenvalue weighted by atomic mass is 10.2. The topological polar surface area (TPSA) is 106 Å². The van der Waals surface area contributed by atoms with Crippen molar-refractivity contribution in [3.05, 3.63) is 48.4 Å². The van der Waals surface area contributed by atoms with Crippen molar-refractivity contribution >= 4 is 29.1 Å². The predicted molar refractivity (Wildman–Crippen MR) is 79.6 cm³/mol. The van der Waals surface area contributed by atoms with Gasteiger partial charge in [-0.1, -0.05) is 0 Å². The van der Waals surface area contributed by atoms with Crippen LogP contribution in [-0.2, 0) is 20.9 Å². The van der Waals surface area contributed by atoms with Crippen LogP contribution in [0.1, 0.15) is 12.7 Å². The molecule has 22 heavy (non-hydrogen) atoms. The van der Waals surface area contributed by atoms with Crippen LogP contribution in [0.15, 0.2) is 47.1 Å². The van der Waals surface area contributed by atoms with Gasteiger partial charge in [0.1, 0.15) is 5.76 Å². The average Bonchev–Trinajstić information content (AvgIpc) is 3.00. The molecule has 0 atom stereocenters. The maximum absolute atomic E-state index is 12.2. The van der Waals surface area contributed by atoms with Crippen molar-refractivity contribution in [2.24, 2.45) is 0 Å². The highest BCUT2D eigenvalue weighted by Gasteiger charge is 2.26. The average molecular weight is 301 g/mol. The Kier molecular flexibility index (Phi) is 4.57. The monoisotopic (exact) mass is 301 g/mol. The highest BCUT2D eigenvalue weighted by atomic mass is 16.3.